The Balaban J connectivity index is 1.98. The Kier molecular flexibility index (Phi) is 13.5. The molecular weight excluding hydrogens is 436 g/mol. The molecule has 1 saturated heterocycles. The van der Waals surface area contributed by atoms with E-state index in [0.29, 0.717) is 18.0 Å². The number of Topliss-reactive ketones (excluding diaryl/α,β-unsaturated/α-hetero) is 1. The molecule has 1 aliphatic heterocycles. The Hall–Kier alpha value is -2.90. The van der Waals surface area contributed by atoms with Crippen LogP contribution in [0.1, 0.15) is 51.4 Å². The first kappa shape index (κ1) is 28.1. The van der Waals surface area contributed by atoms with E-state index < -0.39 is 17.8 Å². The van der Waals surface area contributed by atoms with Crippen LogP contribution in [0, 0.1) is 0 Å². The van der Waals surface area contributed by atoms with E-state index in [9.17, 15) is 28.8 Å². The summed E-state index contributed by atoms with van der Waals surface area (Å²) in [6.07, 6.45) is 2.43. The highest BCUT2D eigenvalue weighted by molar-refractivity contribution is 6.01. The van der Waals surface area contributed by atoms with Crippen molar-refractivity contribution in [3.8, 4) is 0 Å². The number of rotatable bonds is 18. The molecule has 1 fully saturated rings. The van der Waals surface area contributed by atoms with Crippen LogP contribution in [0.25, 0.3) is 0 Å². The van der Waals surface area contributed by atoms with E-state index in [2.05, 4.69) is 21.3 Å². The Labute approximate surface area is 192 Å². The minimum Gasteiger partial charge on any atom is -0.368 e. The first-order valence-electron chi connectivity index (χ1n) is 11.0. The molecule has 0 aromatic heterocycles. The number of unbranched alkanes of at least 4 members (excludes halogenated alkanes) is 1. The van der Waals surface area contributed by atoms with Crippen molar-refractivity contribution in [2.45, 2.75) is 57.4 Å². The number of hydrogen-bond donors (Lipinski definition) is 5. The van der Waals surface area contributed by atoms with Gasteiger partial charge in [-0.25, -0.2) is 4.79 Å². The van der Waals surface area contributed by atoms with Crippen molar-refractivity contribution in [1.29, 1.82) is 0 Å². The second kappa shape index (κ2) is 15.8. The Morgan fingerprint density at radius 1 is 1.00 bits per heavy atom. The summed E-state index contributed by atoms with van der Waals surface area (Å²) in [7, 11) is 1.68. The Morgan fingerprint density at radius 3 is 2.30 bits per heavy atom. The summed E-state index contributed by atoms with van der Waals surface area (Å²) in [5.74, 6) is -2.62. The van der Waals surface area contributed by atoms with Crippen LogP contribution in [0.15, 0.2) is 0 Å². The van der Waals surface area contributed by atoms with Crippen molar-refractivity contribution >= 4 is 35.4 Å². The van der Waals surface area contributed by atoms with E-state index in [4.69, 9.17) is 10.6 Å². The number of hydroxylamine groups is 2. The molecule has 1 heterocycles. The molecule has 13 heteroatoms. The van der Waals surface area contributed by atoms with Gasteiger partial charge in [0.25, 0.3) is 11.8 Å². The van der Waals surface area contributed by atoms with Crippen LogP contribution in [0.2, 0.25) is 0 Å². The third-order valence-electron chi connectivity index (χ3n) is 4.83. The van der Waals surface area contributed by atoms with Crippen LogP contribution < -0.4 is 27.0 Å². The van der Waals surface area contributed by atoms with Crippen LogP contribution in [0.4, 0.5) is 0 Å². The molecule has 1 aliphatic rings. The fraction of sp³-hybridized carbons (Fsp3) is 0.700. The molecular formula is C20H34N6O7. The van der Waals surface area contributed by atoms with E-state index >= 15 is 0 Å². The molecule has 0 unspecified atom stereocenters. The Morgan fingerprint density at radius 2 is 1.67 bits per heavy atom. The highest BCUT2D eigenvalue weighted by Gasteiger charge is 2.32. The number of carbonyl (C=O) groups is 6. The molecule has 0 aromatic carbocycles. The third kappa shape index (κ3) is 12.1. The van der Waals surface area contributed by atoms with Crippen LogP contribution >= 0.6 is 0 Å². The summed E-state index contributed by atoms with van der Waals surface area (Å²) >= 11 is 0. The van der Waals surface area contributed by atoms with Crippen molar-refractivity contribution in [2.24, 2.45) is 5.73 Å². The van der Waals surface area contributed by atoms with Crippen molar-refractivity contribution in [2.75, 3.05) is 33.4 Å². The zero-order valence-corrected chi connectivity index (χ0v) is 18.9. The van der Waals surface area contributed by atoms with Crippen LogP contribution in [0.5, 0.6) is 0 Å². The summed E-state index contributed by atoms with van der Waals surface area (Å²) in [5.41, 5.74) is 5.24. The van der Waals surface area contributed by atoms with Gasteiger partial charge in [-0.05, 0) is 32.9 Å². The molecule has 13 nitrogen and oxygen atoms in total. The van der Waals surface area contributed by atoms with Gasteiger partial charge >= 0.3 is 5.97 Å². The number of carbonyl (C=O) groups excluding carboxylic acids is 6. The van der Waals surface area contributed by atoms with Gasteiger partial charge in [0.1, 0.15) is 0 Å². The number of nitrogens with two attached hydrogens (primary N) is 1. The molecule has 0 aliphatic carbocycles. The maximum atomic E-state index is 11.8. The second-order valence-electron chi connectivity index (χ2n) is 7.56. The van der Waals surface area contributed by atoms with E-state index in [0.717, 1.165) is 12.8 Å². The molecule has 6 N–H and O–H groups in total. The first-order valence-corrected chi connectivity index (χ1v) is 11.0. The predicted octanol–water partition coefficient (Wildman–Crippen LogP) is -2.17. The molecule has 1 atom stereocenters. The number of nitrogens with one attached hydrogen (secondary N) is 4. The summed E-state index contributed by atoms with van der Waals surface area (Å²) in [6, 6.07) is -0.342. The fourth-order valence-corrected chi connectivity index (χ4v) is 2.97. The zero-order chi connectivity index (χ0) is 24.6. The quantitative estimate of drug-likeness (QED) is 0.0837. The van der Waals surface area contributed by atoms with Crippen molar-refractivity contribution in [3.05, 3.63) is 0 Å². The summed E-state index contributed by atoms with van der Waals surface area (Å²) < 4.78 is 0. The van der Waals surface area contributed by atoms with Crippen molar-refractivity contribution in [1.82, 2.24) is 26.3 Å². The van der Waals surface area contributed by atoms with E-state index in [1.54, 1.807) is 7.05 Å². The number of primary amides is 1. The molecule has 0 radical (unpaired) electrons. The number of hydrogen-bond acceptors (Lipinski definition) is 10. The largest absolute Gasteiger partial charge is 0.368 e. The summed E-state index contributed by atoms with van der Waals surface area (Å²) in [5, 5.41) is 11.7. The lowest BCUT2D eigenvalue weighted by Gasteiger charge is -2.12. The van der Waals surface area contributed by atoms with Crippen molar-refractivity contribution < 1.29 is 33.6 Å². The fourth-order valence-electron chi connectivity index (χ4n) is 2.97. The molecule has 0 aromatic rings. The lowest BCUT2D eigenvalue weighted by atomic mass is 10.1. The van der Waals surface area contributed by atoms with Gasteiger partial charge in [-0.1, -0.05) is 6.42 Å². The molecule has 0 spiro atoms. The SMILES string of the molecule is CN[C@@H](CCCCNCC(=O)CNCNC(=O)CCCC(=O)ON1C(=O)CCC1=O)C(N)=O. The maximum absolute atomic E-state index is 11.8. The van der Waals surface area contributed by atoms with Crippen LogP contribution in [-0.4, -0.2) is 79.8 Å². The highest BCUT2D eigenvalue weighted by Crippen LogP contribution is 2.13. The van der Waals surface area contributed by atoms with Gasteiger partial charge in [0.2, 0.25) is 11.8 Å². The highest BCUT2D eigenvalue weighted by atomic mass is 16.7. The average Bonchev–Trinajstić information content (AvgIpc) is 3.08. The third-order valence-corrected chi connectivity index (χ3v) is 4.83. The zero-order valence-electron chi connectivity index (χ0n) is 18.9. The van der Waals surface area contributed by atoms with Gasteiger partial charge < -0.3 is 26.5 Å². The van der Waals surface area contributed by atoms with Gasteiger partial charge in [-0.2, -0.15) is 0 Å². The standard InChI is InChI=1S/C20H34N6O7/c1-22-15(20(21)32)5-2-3-10-23-11-14(27)12-24-13-25-16(28)6-4-7-19(31)33-26-17(29)8-9-18(26)30/h15,22-24H,2-13H2,1H3,(H2,21,32)(H,25,28)/t15-/m0/s1. The number of amides is 4. The minimum absolute atomic E-state index is 0.0237. The molecule has 1 rings (SSSR count). The maximum Gasteiger partial charge on any atom is 0.333 e. The predicted molar refractivity (Wildman–Crippen MR) is 116 cm³/mol. The number of likely N-dealkylation sites (N-methyl/N-ethyl adjacent to an activating group) is 1. The number of ketones is 1. The molecule has 186 valence electrons. The van der Waals surface area contributed by atoms with E-state index in [1.807, 2.05) is 0 Å². The molecule has 33 heavy (non-hydrogen) atoms. The second-order valence-corrected chi connectivity index (χ2v) is 7.56. The topological polar surface area (TPSA) is 189 Å². The van der Waals surface area contributed by atoms with Gasteiger partial charge in [0.05, 0.1) is 25.8 Å². The molecule has 0 bridgehead atoms. The van der Waals surface area contributed by atoms with Gasteiger partial charge in [0.15, 0.2) is 5.78 Å². The lowest BCUT2D eigenvalue weighted by molar-refractivity contribution is -0.197. The van der Waals surface area contributed by atoms with Gasteiger partial charge in [-0.3, -0.25) is 29.3 Å². The van der Waals surface area contributed by atoms with E-state index in [-0.39, 0.29) is 75.5 Å². The first-order chi connectivity index (χ1) is 15.7. The number of imide groups is 1. The molecule has 4 amide bonds. The lowest BCUT2D eigenvalue weighted by Crippen LogP contribution is -2.39. The average molecular weight is 471 g/mol. The summed E-state index contributed by atoms with van der Waals surface area (Å²) in [6.45, 7) is 1.02. The normalized spacial score (nSPS) is 14.3. The van der Waals surface area contributed by atoms with Crippen LogP contribution in [0.3, 0.4) is 0 Å². The number of nitrogens with zero attached hydrogens (tertiary/aromatic N) is 1. The Bertz CT molecular complexity index is 699. The summed E-state index contributed by atoms with van der Waals surface area (Å²) in [4.78, 5) is 73.7. The van der Waals surface area contributed by atoms with Crippen LogP contribution in [-0.2, 0) is 33.6 Å². The van der Waals surface area contributed by atoms with Crippen molar-refractivity contribution in [3.63, 3.8) is 0 Å². The molecule has 0 saturated carbocycles. The van der Waals surface area contributed by atoms with E-state index in [1.165, 1.54) is 0 Å². The monoisotopic (exact) mass is 470 g/mol. The smallest absolute Gasteiger partial charge is 0.333 e. The van der Waals surface area contributed by atoms with Gasteiger partial charge in [-0.15, -0.1) is 5.06 Å². The van der Waals surface area contributed by atoms with Gasteiger partial charge in [0, 0.05) is 25.7 Å². The minimum atomic E-state index is -0.752.